The summed E-state index contributed by atoms with van der Waals surface area (Å²) >= 11 is 9.72. The van der Waals surface area contributed by atoms with Crippen LogP contribution >= 0.6 is 27.5 Å². The molecule has 0 bridgehead atoms. The first kappa shape index (κ1) is 14.6. The van der Waals surface area contributed by atoms with Crippen molar-refractivity contribution in [3.8, 4) is 0 Å². The lowest BCUT2D eigenvalue weighted by atomic mass is 10.1. The summed E-state index contributed by atoms with van der Waals surface area (Å²) in [5, 5.41) is 4.34. The highest BCUT2D eigenvalue weighted by atomic mass is 79.9. The van der Waals surface area contributed by atoms with E-state index in [2.05, 4.69) is 58.5 Å². The third-order valence-electron chi connectivity index (χ3n) is 3.22. The van der Waals surface area contributed by atoms with E-state index >= 15 is 0 Å². The Balaban J connectivity index is 2.02. The molecule has 0 spiro atoms. The summed E-state index contributed by atoms with van der Waals surface area (Å²) in [6.07, 6.45) is 0. The van der Waals surface area contributed by atoms with Crippen LogP contribution in [0.3, 0.4) is 0 Å². The average molecular weight is 339 g/mol. The van der Waals surface area contributed by atoms with E-state index < -0.39 is 0 Å². The molecule has 19 heavy (non-hydrogen) atoms. The van der Waals surface area contributed by atoms with Gasteiger partial charge in [0.25, 0.3) is 0 Å². The fraction of sp³-hybridized carbons (Fsp3) is 0.250. The van der Waals surface area contributed by atoms with Crippen LogP contribution in [-0.2, 0) is 6.54 Å². The first-order valence-electron chi connectivity index (χ1n) is 6.31. The molecule has 1 N–H and O–H groups in total. The SMILES string of the molecule is Cc1ccc(CN[C@H](C)c2ccccc2Br)cc1Cl. The lowest BCUT2D eigenvalue weighted by Crippen LogP contribution is -2.18. The molecular weight excluding hydrogens is 322 g/mol. The van der Waals surface area contributed by atoms with Gasteiger partial charge in [-0.1, -0.05) is 57.9 Å². The zero-order chi connectivity index (χ0) is 13.8. The molecule has 0 aromatic heterocycles. The molecule has 0 amide bonds. The van der Waals surface area contributed by atoms with Crippen LogP contribution in [0.1, 0.15) is 29.7 Å². The molecule has 100 valence electrons. The second-order valence-electron chi connectivity index (χ2n) is 4.71. The predicted molar refractivity (Wildman–Crippen MR) is 85.6 cm³/mol. The van der Waals surface area contributed by atoms with Crippen molar-refractivity contribution in [1.82, 2.24) is 5.32 Å². The maximum absolute atomic E-state index is 6.14. The highest BCUT2D eigenvalue weighted by Crippen LogP contribution is 2.23. The van der Waals surface area contributed by atoms with Gasteiger partial charge in [-0.2, -0.15) is 0 Å². The number of hydrogen-bond acceptors (Lipinski definition) is 1. The van der Waals surface area contributed by atoms with Gasteiger partial charge in [0.2, 0.25) is 0 Å². The third kappa shape index (κ3) is 3.82. The van der Waals surface area contributed by atoms with Crippen molar-refractivity contribution in [2.75, 3.05) is 0 Å². The molecular formula is C16H17BrClN. The second-order valence-corrected chi connectivity index (χ2v) is 5.97. The van der Waals surface area contributed by atoms with Gasteiger partial charge in [0.15, 0.2) is 0 Å². The monoisotopic (exact) mass is 337 g/mol. The van der Waals surface area contributed by atoms with Gasteiger partial charge < -0.3 is 5.32 Å². The van der Waals surface area contributed by atoms with E-state index in [9.17, 15) is 0 Å². The number of benzene rings is 2. The maximum Gasteiger partial charge on any atom is 0.0438 e. The largest absolute Gasteiger partial charge is 0.306 e. The third-order valence-corrected chi connectivity index (χ3v) is 4.35. The molecule has 3 heteroatoms. The van der Waals surface area contributed by atoms with Gasteiger partial charge in [-0.3, -0.25) is 0 Å². The number of aryl methyl sites for hydroxylation is 1. The Labute approximate surface area is 128 Å². The van der Waals surface area contributed by atoms with E-state index in [0.717, 1.165) is 21.6 Å². The van der Waals surface area contributed by atoms with Gasteiger partial charge >= 0.3 is 0 Å². The molecule has 0 saturated heterocycles. The summed E-state index contributed by atoms with van der Waals surface area (Å²) in [7, 11) is 0. The maximum atomic E-state index is 6.14. The normalized spacial score (nSPS) is 12.4. The molecule has 0 radical (unpaired) electrons. The lowest BCUT2D eigenvalue weighted by molar-refractivity contribution is 0.573. The summed E-state index contributed by atoms with van der Waals surface area (Å²) in [4.78, 5) is 0. The van der Waals surface area contributed by atoms with Crippen molar-refractivity contribution in [2.24, 2.45) is 0 Å². The van der Waals surface area contributed by atoms with Crippen LogP contribution in [0.2, 0.25) is 5.02 Å². The Morgan fingerprint density at radius 3 is 2.63 bits per heavy atom. The fourth-order valence-corrected chi connectivity index (χ4v) is 2.78. The first-order valence-corrected chi connectivity index (χ1v) is 7.48. The summed E-state index contributed by atoms with van der Waals surface area (Å²) in [6, 6.07) is 14.8. The summed E-state index contributed by atoms with van der Waals surface area (Å²) in [6.45, 7) is 4.99. The van der Waals surface area contributed by atoms with Gasteiger partial charge in [-0.25, -0.2) is 0 Å². The van der Waals surface area contributed by atoms with E-state index in [4.69, 9.17) is 11.6 Å². The Morgan fingerprint density at radius 1 is 1.21 bits per heavy atom. The molecule has 0 heterocycles. The smallest absolute Gasteiger partial charge is 0.0438 e. The minimum Gasteiger partial charge on any atom is -0.306 e. The van der Waals surface area contributed by atoms with Crippen molar-refractivity contribution < 1.29 is 0 Å². The highest BCUT2D eigenvalue weighted by molar-refractivity contribution is 9.10. The molecule has 1 atom stereocenters. The van der Waals surface area contributed by atoms with Gasteiger partial charge in [0, 0.05) is 22.1 Å². The zero-order valence-corrected chi connectivity index (χ0v) is 13.4. The summed E-state index contributed by atoms with van der Waals surface area (Å²) in [5.74, 6) is 0. The highest BCUT2D eigenvalue weighted by Gasteiger charge is 2.08. The van der Waals surface area contributed by atoms with Crippen LogP contribution in [0.5, 0.6) is 0 Å². The molecule has 0 saturated carbocycles. The first-order chi connectivity index (χ1) is 9.08. The Hall–Kier alpha value is -0.830. The second kappa shape index (κ2) is 6.56. The van der Waals surface area contributed by atoms with E-state index in [-0.39, 0.29) is 6.04 Å². The van der Waals surface area contributed by atoms with E-state index in [1.807, 2.05) is 19.1 Å². The molecule has 0 aliphatic carbocycles. The molecule has 0 aliphatic rings. The Morgan fingerprint density at radius 2 is 1.95 bits per heavy atom. The number of rotatable bonds is 4. The quantitative estimate of drug-likeness (QED) is 0.801. The zero-order valence-electron chi connectivity index (χ0n) is 11.1. The van der Waals surface area contributed by atoms with Gasteiger partial charge in [-0.15, -0.1) is 0 Å². The van der Waals surface area contributed by atoms with Crippen molar-refractivity contribution in [3.63, 3.8) is 0 Å². The van der Waals surface area contributed by atoms with Crippen LogP contribution in [0.4, 0.5) is 0 Å². The van der Waals surface area contributed by atoms with Crippen molar-refractivity contribution in [3.05, 3.63) is 68.7 Å². The molecule has 0 fully saturated rings. The van der Waals surface area contributed by atoms with E-state index in [0.29, 0.717) is 0 Å². The van der Waals surface area contributed by atoms with E-state index in [1.165, 1.54) is 11.1 Å². The van der Waals surface area contributed by atoms with Crippen molar-refractivity contribution >= 4 is 27.5 Å². The predicted octanol–water partition coefficient (Wildman–Crippen LogP) is 5.26. The number of halogens is 2. The fourth-order valence-electron chi connectivity index (χ4n) is 1.95. The van der Waals surface area contributed by atoms with Crippen LogP contribution < -0.4 is 5.32 Å². The number of hydrogen-bond donors (Lipinski definition) is 1. The summed E-state index contributed by atoms with van der Waals surface area (Å²) in [5.41, 5.74) is 3.58. The van der Waals surface area contributed by atoms with Crippen LogP contribution in [-0.4, -0.2) is 0 Å². The molecule has 2 rings (SSSR count). The van der Waals surface area contributed by atoms with Crippen LogP contribution in [0.15, 0.2) is 46.9 Å². The molecule has 0 unspecified atom stereocenters. The molecule has 0 aliphatic heterocycles. The Bertz CT molecular complexity index is 568. The van der Waals surface area contributed by atoms with Crippen molar-refractivity contribution in [2.45, 2.75) is 26.4 Å². The van der Waals surface area contributed by atoms with Crippen molar-refractivity contribution in [1.29, 1.82) is 0 Å². The van der Waals surface area contributed by atoms with Crippen LogP contribution in [0.25, 0.3) is 0 Å². The minimum atomic E-state index is 0.288. The summed E-state index contributed by atoms with van der Waals surface area (Å²) < 4.78 is 1.14. The minimum absolute atomic E-state index is 0.288. The molecule has 2 aromatic rings. The Kier molecular flexibility index (Phi) is 5.03. The van der Waals surface area contributed by atoms with Gasteiger partial charge in [0.05, 0.1) is 0 Å². The lowest BCUT2D eigenvalue weighted by Gasteiger charge is -2.16. The standard InChI is InChI=1S/C16H17BrClN/c1-11-7-8-13(9-16(11)18)10-19-12(2)14-5-3-4-6-15(14)17/h3-9,12,19H,10H2,1-2H3/t12-/m1/s1. The van der Waals surface area contributed by atoms with Gasteiger partial charge in [0.1, 0.15) is 0 Å². The topological polar surface area (TPSA) is 12.0 Å². The van der Waals surface area contributed by atoms with Crippen LogP contribution in [0, 0.1) is 6.92 Å². The molecule has 2 aromatic carbocycles. The average Bonchev–Trinajstić information content (AvgIpc) is 2.40. The number of nitrogens with one attached hydrogen (secondary N) is 1. The van der Waals surface area contributed by atoms with E-state index in [1.54, 1.807) is 0 Å². The van der Waals surface area contributed by atoms with Gasteiger partial charge in [-0.05, 0) is 42.7 Å². The molecule has 1 nitrogen and oxygen atoms in total.